The van der Waals surface area contributed by atoms with E-state index in [2.05, 4.69) is 17.3 Å². The summed E-state index contributed by atoms with van der Waals surface area (Å²) in [6.45, 7) is 5.00. The van der Waals surface area contributed by atoms with E-state index in [9.17, 15) is 4.79 Å². The lowest BCUT2D eigenvalue weighted by molar-refractivity contribution is 0.0742. The van der Waals surface area contributed by atoms with Crippen LogP contribution in [-0.4, -0.2) is 22.5 Å². The summed E-state index contributed by atoms with van der Waals surface area (Å²) in [6, 6.07) is 20.3. The maximum atomic E-state index is 13.3. The molecule has 0 spiro atoms. The van der Waals surface area contributed by atoms with Crippen LogP contribution in [0.15, 0.2) is 65.2 Å². The van der Waals surface area contributed by atoms with Crippen LogP contribution in [-0.2, 0) is 19.4 Å². The summed E-state index contributed by atoms with van der Waals surface area (Å²) in [5.41, 5.74) is 3.67. The number of hydrogen-bond donors (Lipinski definition) is 0. The molecular weight excluding hydrogens is 324 g/mol. The Labute approximate surface area is 154 Å². The van der Waals surface area contributed by atoms with E-state index in [1.54, 1.807) is 6.92 Å². The molecule has 3 aromatic rings. The van der Waals surface area contributed by atoms with Gasteiger partial charge < -0.3 is 9.42 Å². The first-order valence-corrected chi connectivity index (χ1v) is 9.01. The van der Waals surface area contributed by atoms with Gasteiger partial charge in [-0.3, -0.25) is 4.79 Å². The number of hydrogen-bond acceptors (Lipinski definition) is 3. The number of carbonyl (C=O) groups excluding carboxylic acids is 1. The molecule has 0 aliphatic rings. The minimum absolute atomic E-state index is 0.0135. The second kappa shape index (κ2) is 8.48. The third kappa shape index (κ3) is 4.20. The van der Waals surface area contributed by atoms with Crippen LogP contribution in [0.2, 0.25) is 0 Å². The summed E-state index contributed by atoms with van der Waals surface area (Å²) in [7, 11) is 0. The van der Waals surface area contributed by atoms with Gasteiger partial charge in [0.2, 0.25) is 0 Å². The predicted molar refractivity (Wildman–Crippen MR) is 102 cm³/mol. The maximum absolute atomic E-state index is 13.3. The molecule has 0 saturated carbocycles. The highest BCUT2D eigenvalue weighted by Gasteiger charge is 2.24. The highest BCUT2D eigenvalue weighted by Crippen LogP contribution is 2.19. The zero-order valence-corrected chi connectivity index (χ0v) is 15.3. The van der Waals surface area contributed by atoms with Gasteiger partial charge in [-0.1, -0.05) is 72.7 Å². The highest BCUT2D eigenvalue weighted by atomic mass is 16.5. The zero-order chi connectivity index (χ0) is 18.4. The Morgan fingerprint density at radius 2 is 1.62 bits per heavy atom. The van der Waals surface area contributed by atoms with Crippen molar-refractivity contribution in [3.8, 4) is 0 Å². The normalized spacial score (nSPS) is 10.7. The molecule has 0 aliphatic carbocycles. The van der Waals surface area contributed by atoms with Crippen LogP contribution in [0.5, 0.6) is 0 Å². The lowest BCUT2D eigenvalue weighted by Gasteiger charge is -2.23. The fourth-order valence-electron chi connectivity index (χ4n) is 3.06. The van der Waals surface area contributed by atoms with Gasteiger partial charge in [0.1, 0.15) is 11.3 Å². The second-order valence-electron chi connectivity index (χ2n) is 6.36. The monoisotopic (exact) mass is 348 g/mol. The number of rotatable bonds is 7. The fraction of sp³-hybridized carbons (Fsp3) is 0.273. The first kappa shape index (κ1) is 17.9. The Kier molecular flexibility index (Phi) is 5.84. The molecule has 1 heterocycles. The SMILES string of the molecule is CCc1noc(C)c1C(=O)N(CCc1ccccc1)Cc1ccccc1. The molecule has 3 rings (SSSR count). The molecule has 0 fully saturated rings. The van der Waals surface area contributed by atoms with Crippen molar-refractivity contribution in [2.24, 2.45) is 0 Å². The van der Waals surface area contributed by atoms with Crippen LogP contribution in [0.1, 0.15) is 39.9 Å². The van der Waals surface area contributed by atoms with Gasteiger partial charge in [-0.15, -0.1) is 0 Å². The molecule has 4 heteroatoms. The van der Waals surface area contributed by atoms with E-state index < -0.39 is 0 Å². The summed E-state index contributed by atoms with van der Waals surface area (Å²) in [6.07, 6.45) is 1.49. The summed E-state index contributed by atoms with van der Waals surface area (Å²) in [4.78, 5) is 15.1. The van der Waals surface area contributed by atoms with Gasteiger partial charge in [-0.25, -0.2) is 0 Å². The average Bonchev–Trinajstić information content (AvgIpc) is 3.06. The van der Waals surface area contributed by atoms with Crippen LogP contribution in [0.25, 0.3) is 0 Å². The van der Waals surface area contributed by atoms with Crippen molar-refractivity contribution in [2.75, 3.05) is 6.54 Å². The van der Waals surface area contributed by atoms with Crippen molar-refractivity contribution < 1.29 is 9.32 Å². The van der Waals surface area contributed by atoms with Gasteiger partial charge in [0.05, 0.1) is 5.69 Å². The van der Waals surface area contributed by atoms with Crippen molar-refractivity contribution in [3.63, 3.8) is 0 Å². The number of amides is 1. The van der Waals surface area contributed by atoms with E-state index >= 15 is 0 Å². The molecular formula is C22H24N2O2. The maximum Gasteiger partial charge on any atom is 0.259 e. The Hall–Kier alpha value is -2.88. The average molecular weight is 348 g/mol. The van der Waals surface area contributed by atoms with E-state index in [1.807, 2.05) is 60.4 Å². The molecule has 2 aromatic carbocycles. The fourth-order valence-corrected chi connectivity index (χ4v) is 3.06. The molecule has 0 saturated heterocycles. The Balaban J connectivity index is 1.84. The van der Waals surface area contributed by atoms with E-state index in [1.165, 1.54) is 5.56 Å². The lowest BCUT2D eigenvalue weighted by Crippen LogP contribution is -2.33. The second-order valence-corrected chi connectivity index (χ2v) is 6.36. The molecule has 1 amide bonds. The molecule has 0 radical (unpaired) electrons. The molecule has 0 bridgehead atoms. The Bertz CT molecular complexity index is 841. The van der Waals surface area contributed by atoms with Crippen LogP contribution < -0.4 is 0 Å². The minimum atomic E-state index is -0.0135. The first-order chi connectivity index (χ1) is 12.7. The predicted octanol–water partition coefficient (Wildman–Crippen LogP) is 4.43. The van der Waals surface area contributed by atoms with Gasteiger partial charge in [0.25, 0.3) is 5.91 Å². The van der Waals surface area contributed by atoms with E-state index in [-0.39, 0.29) is 5.91 Å². The van der Waals surface area contributed by atoms with E-state index in [4.69, 9.17) is 4.52 Å². The highest BCUT2D eigenvalue weighted by molar-refractivity contribution is 5.96. The number of benzene rings is 2. The summed E-state index contributed by atoms with van der Waals surface area (Å²) in [5, 5.41) is 4.04. The zero-order valence-electron chi connectivity index (χ0n) is 15.3. The number of carbonyl (C=O) groups is 1. The van der Waals surface area contributed by atoms with Crippen molar-refractivity contribution >= 4 is 5.91 Å². The van der Waals surface area contributed by atoms with Gasteiger partial charge in [-0.05, 0) is 30.9 Å². The number of aromatic nitrogens is 1. The van der Waals surface area contributed by atoms with Crippen molar-refractivity contribution in [1.29, 1.82) is 0 Å². The molecule has 26 heavy (non-hydrogen) atoms. The Morgan fingerprint density at radius 3 is 2.23 bits per heavy atom. The van der Waals surface area contributed by atoms with Gasteiger partial charge in [0, 0.05) is 13.1 Å². The van der Waals surface area contributed by atoms with Gasteiger partial charge in [0.15, 0.2) is 0 Å². The van der Waals surface area contributed by atoms with Crippen LogP contribution in [0, 0.1) is 6.92 Å². The van der Waals surface area contributed by atoms with Crippen molar-refractivity contribution in [3.05, 3.63) is 88.8 Å². The summed E-state index contributed by atoms with van der Waals surface area (Å²) in [5.74, 6) is 0.574. The van der Waals surface area contributed by atoms with Crippen LogP contribution in [0.4, 0.5) is 0 Å². The quantitative estimate of drug-likeness (QED) is 0.634. The van der Waals surface area contributed by atoms with Crippen LogP contribution in [0.3, 0.4) is 0 Å². The topological polar surface area (TPSA) is 46.3 Å². The third-order valence-corrected chi connectivity index (χ3v) is 4.50. The van der Waals surface area contributed by atoms with Crippen LogP contribution >= 0.6 is 0 Å². The summed E-state index contributed by atoms with van der Waals surface area (Å²) < 4.78 is 5.27. The third-order valence-electron chi connectivity index (χ3n) is 4.50. The molecule has 0 unspecified atom stereocenters. The van der Waals surface area contributed by atoms with Crippen molar-refractivity contribution in [2.45, 2.75) is 33.2 Å². The molecule has 4 nitrogen and oxygen atoms in total. The molecule has 1 aromatic heterocycles. The number of nitrogens with zero attached hydrogens (tertiary/aromatic N) is 2. The standard InChI is InChI=1S/C22H24N2O2/c1-3-20-21(17(2)26-23-20)22(25)24(16-19-12-8-5-9-13-19)15-14-18-10-6-4-7-11-18/h4-13H,3,14-16H2,1-2H3. The molecule has 0 atom stereocenters. The molecule has 0 N–H and O–H groups in total. The number of aryl methyl sites for hydroxylation is 2. The smallest absolute Gasteiger partial charge is 0.259 e. The first-order valence-electron chi connectivity index (χ1n) is 9.01. The van der Waals surface area contributed by atoms with E-state index in [0.717, 1.165) is 17.7 Å². The van der Waals surface area contributed by atoms with Crippen molar-refractivity contribution in [1.82, 2.24) is 10.1 Å². The summed E-state index contributed by atoms with van der Waals surface area (Å²) >= 11 is 0. The minimum Gasteiger partial charge on any atom is -0.361 e. The largest absolute Gasteiger partial charge is 0.361 e. The Morgan fingerprint density at radius 1 is 1.00 bits per heavy atom. The lowest BCUT2D eigenvalue weighted by atomic mass is 10.1. The molecule has 134 valence electrons. The van der Waals surface area contributed by atoms with Gasteiger partial charge >= 0.3 is 0 Å². The van der Waals surface area contributed by atoms with Gasteiger partial charge in [-0.2, -0.15) is 0 Å². The van der Waals surface area contributed by atoms with E-state index in [0.29, 0.717) is 30.8 Å². The molecule has 0 aliphatic heterocycles.